The molecule has 0 bridgehead atoms. The first-order chi connectivity index (χ1) is 9.15. The zero-order valence-electron chi connectivity index (χ0n) is 11.7. The van der Waals surface area contributed by atoms with Gasteiger partial charge in [-0.1, -0.05) is 24.3 Å². The highest BCUT2D eigenvalue weighted by Crippen LogP contribution is 2.23. The average Bonchev–Trinajstić information content (AvgIpc) is 2.81. The van der Waals surface area contributed by atoms with Crippen LogP contribution in [-0.4, -0.2) is 18.5 Å². The number of hydrogen-bond acceptors (Lipinski definition) is 2. The fourth-order valence-electron chi connectivity index (χ4n) is 2.78. The molecule has 1 saturated carbocycles. The minimum Gasteiger partial charge on any atom is -0.356 e. The zero-order chi connectivity index (χ0) is 13.7. The van der Waals surface area contributed by atoms with Crippen LogP contribution in [0.4, 0.5) is 0 Å². The lowest BCUT2D eigenvalue weighted by molar-refractivity contribution is -0.121. The molecule has 0 radical (unpaired) electrons. The van der Waals surface area contributed by atoms with Gasteiger partial charge in [0, 0.05) is 19.0 Å². The van der Waals surface area contributed by atoms with Gasteiger partial charge >= 0.3 is 0 Å². The predicted molar refractivity (Wildman–Crippen MR) is 77.8 cm³/mol. The molecule has 1 fully saturated rings. The standard InChI is InChI=1S/C16H24N2O/c1-12-4-2-3-5-14(12)7-9-16(19)18-11-13-6-8-15(17)10-13/h2-5,13,15H,6-11,17H2,1H3,(H,18,19). The first kappa shape index (κ1) is 14.1. The molecule has 19 heavy (non-hydrogen) atoms. The van der Waals surface area contributed by atoms with Crippen LogP contribution in [0.2, 0.25) is 0 Å². The average molecular weight is 260 g/mol. The third-order valence-corrected chi connectivity index (χ3v) is 4.05. The van der Waals surface area contributed by atoms with Crippen LogP contribution < -0.4 is 11.1 Å². The van der Waals surface area contributed by atoms with Crippen molar-refractivity contribution in [3.63, 3.8) is 0 Å². The van der Waals surface area contributed by atoms with Gasteiger partial charge in [0.2, 0.25) is 5.91 Å². The zero-order valence-corrected chi connectivity index (χ0v) is 11.7. The first-order valence-corrected chi connectivity index (χ1v) is 7.22. The summed E-state index contributed by atoms with van der Waals surface area (Å²) in [6, 6.07) is 8.59. The summed E-state index contributed by atoms with van der Waals surface area (Å²) >= 11 is 0. The SMILES string of the molecule is Cc1ccccc1CCC(=O)NCC1CCC(N)C1. The van der Waals surface area contributed by atoms with Gasteiger partial charge in [0.15, 0.2) is 0 Å². The Morgan fingerprint density at radius 3 is 2.84 bits per heavy atom. The third-order valence-electron chi connectivity index (χ3n) is 4.05. The Balaban J connectivity index is 1.69. The molecule has 1 aromatic carbocycles. The molecule has 3 heteroatoms. The molecular weight excluding hydrogens is 236 g/mol. The Hall–Kier alpha value is -1.35. The summed E-state index contributed by atoms with van der Waals surface area (Å²) in [7, 11) is 0. The second-order valence-electron chi connectivity index (χ2n) is 5.67. The summed E-state index contributed by atoms with van der Waals surface area (Å²) in [5.74, 6) is 0.737. The molecule has 2 rings (SSSR count). The van der Waals surface area contributed by atoms with Crippen molar-refractivity contribution < 1.29 is 4.79 Å². The fraction of sp³-hybridized carbons (Fsp3) is 0.562. The second kappa shape index (κ2) is 6.71. The number of benzene rings is 1. The Morgan fingerprint density at radius 2 is 2.16 bits per heavy atom. The van der Waals surface area contributed by atoms with Gasteiger partial charge in [0.1, 0.15) is 0 Å². The van der Waals surface area contributed by atoms with Crippen LogP contribution >= 0.6 is 0 Å². The molecule has 0 aromatic heterocycles. The fourth-order valence-corrected chi connectivity index (χ4v) is 2.78. The summed E-state index contributed by atoms with van der Waals surface area (Å²) in [6.07, 6.45) is 4.70. The summed E-state index contributed by atoms with van der Waals surface area (Å²) in [4.78, 5) is 11.8. The number of carbonyl (C=O) groups is 1. The van der Waals surface area contributed by atoms with Crippen LogP contribution in [-0.2, 0) is 11.2 Å². The van der Waals surface area contributed by atoms with E-state index >= 15 is 0 Å². The molecule has 3 nitrogen and oxygen atoms in total. The highest BCUT2D eigenvalue weighted by Gasteiger charge is 2.21. The maximum absolute atomic E-state index is 11.8. The molecule has 0 spiro atoms. The molecule has 2 atom stereocenters. The minimum atomic E-state index is 0.156. The highest BCUT2D eigenvalue weighted by molar-refractivity contribution is 5.76. The molecule has 104 valence electrons. The van der Waals surface area contributed by atoms with Gasteiger partial charge < -0.3 is 11.1 Å². The van der Waals surface area contributed by atoms with Gasteiger partial charge in [-0.15, -0.1) is 0 Å². The Labute approximate surface area is 115 Å². The molecule has 0 heterocycles. The van der Waals surface area contributed by atoms with Crippen LogP contribution in [0.15, 0.2) is 24.3 Å². The van der Waals surface area contributed by atoms with Crippen LogP contribution in [0.1, 0.15) is 36.8 Å². The van der Waals surface area contributed by atoms with Gasteiger partial charge in [-0.05, 0) is 49.7 Å². The van der Waals surface area contributed by atoms with E-state index in [1.807, 2.05) is 12.1 Å². The van der Waals surface area contributed by atoms with Crippen molar-refractivity contribution in [1.29, 1.82) is 0 Å². The summed E-state index contributed by atoms with van der Waals surface area (Å²) < 4.78 is 0. The van der Waals surface area contributed by atoms with Crippen LogP contribution in [0.5, 0.6) is 0 Å². The topological polar surface area (TPSA) is 55.1 Å². The largest absolute Gasteiger partial charge is 0.356 e. The van der Waals surface area contributed by atoms with Crippen molar-refractivity contribution in [2.45, 2.75) is 45.1 Å². The number of carbonyl (C=O) groups excluding carboxylic acids is 1. The van der Waals surface area contributed by atoms with E-state index in [4.69, 9.17) is 5.73 Å². The van der Waals surface area contributed by atoms with E-state index in [2.05, 4.69) is 24.4 Å². The third kappa shape index (κ3) is 4.35. The van der Waals surface area contributed by atoms with Gasteiger partial charge in [0.25, 0.3) is 0 Å². The highest BCUT2D eigenvalue weighted by atomic mass is 16.1. The molecular formula is C16H24N2O. The minimum absolute atomic E-state index is 0.156. The van der Waals surface area contributed by atoms with Crippen molar-refractivity contribution in [3.05, 3.63) is 35.4 Å². The van der Waals surface area contributed by atoms with Gasteiger partial charge in [0.05, 0.1) is 0 Å². The molecule has 1 amide bonds. The van der Waals surface area contributed by atoms with E-state index in [-0.39, 0.29) is 5.91 Å². The lowest BCUT2D eigenvalue weighted by Crippen LogP contribution is -2.29. The Bertz CT molecular complexity index is 431. The number of rotatable bonds is 5. The maximum Gasteiger partial charge on any atom is 0.220 e. The molecule has 1 aliphatic rings. The molecule has 3 N–H and O–H groups in total. The molecule has 1 aliphatic carbocycles. The molecule has 1 aromatic rings. The summed E-state index contributed by atoms with van der Waals surface area (Å²) in [5.41, 5.74) is 8.40. The monoisotopic (exact) mass is 260 g/mol. The number of nitrogens with one attached hydrogen (secondary N) is 1. The number of hydrogen-bond donors (Lipinski definition) is 2. The Morgan fingerprint density at radius 1 is 1.37 bits per heavy atom. The van der Waals surface area contributed by atoms with Crippen molar-refractivity contribution in [1.82, 2.24) is 5.32 Å². The van der Waals surface area contributed by atoms with Crippen molar-refractivity contribution in [3.8, 4) is 0 Å². The van der Waals surface area contributed by atoms with E-state index in [1.165, 1.54) is 11.1 Å². The van der Waals surface area contributed by atoms with Gasteiger partial charge in [-0.3, -0.25) is 4.79 Å². The maximum atomic E-state index is 11.8. The van der Waals surface area contributed by atoms with Crippen molar-refractivity contribution in [2.24, 2.45) is 11.7 Å². The van der Waals surface area contributed by atoms with Gasteiger partial charge in [-0.25, -0.2) is 0 Å². The van der Waals surface area contributed by atoms with E-state index in [0.29, 0.717) is 18.4 Å². The van der Waals surface area contributed by atoms with Crippen LogP contribution in [0, 0.1) is 12.8 Å². The predicted octanol–water partition coefficient (Wildman–Crippen LogP) is 2.17. The van der Waals surface area contributed by atoms with E-state index in [1.54, 1.807) is 0 Å². The van der Waals surface area contributed by atoms with E-state index in [0.717, 1.165) is 32.2 Å². The summed E-state index contributed by atoms with van der Waals surface area (Å²) in [5, 5.41) is 3.04. The van der Waals surface area contributed by atoms with E-state index < -0.39 is 0 Å². The smallest absolute Gasteiger partial charge is 0.220 e. The van der Waals surface area contributed by atoms with E-state index in [9.17, 15) is 4.79 Å². The normalized spacial score (nSPS) is 22.4. The summed E-state index contributed by atoms with van der Waals surface area (Å²) in [6.45, 7) is 2.88. The van der Waals surface area contributed by atoms with Crippen LogP contribution in [0.25, 0.3) is 0 Å². The number of amides is 1. The lowest BCUT2D eigenvalue weighted by Gasteiger charge is -2.11. The first-order valence-electron chi connectivity index (χ1n) is 7.22. The van der Waals surface area contributed by atoms with Crippen LogP contribution in [0.3, 0.4) is 0 Å². The molecule has 0 saturated heterocycles. The number of aryl methyl sites for hydroxylation is 2. The van der Waals surface area contributed by atoms with Crippen molar-refractivity contribution in [2.75, 3.05) is 6.54 Å². The van der Waals surface area contributed by atoms with Crippen molar-refractivity contribution >= 4 is 5.91 Å². The Kier molecular flexibility index (Phi) is 4.97. The van der Waals surface area contributed by atoms with Gasteiger partial charge in [-0.2, -0.15) is 0 Å². The number of nitrogens with two attached hydrogens (primary N) is 1. The molecule has 0 aliphatic heterocycles. The quantitative estimate of drug-likeness (QED) is 0.852. The lowest BCUT2D eigenvalue weighted by atomic mass is 10.0. The second-order valence-corrected chi connectivity index (χ2v) is 5.67. The molecule has 2 unspecified atom stereocenters.